The molecule has 2 atom stereocenters. The Morgan fingerprint density at radius 3 is 2.24 bits per heavy atom. The summed E-state index contributed by atoms with van der Waals surface area (Å²) in [5.74, 6) is 0.991. The lowest BCUT2D eigenvalue weighted by atomic mass is 9.53. The van der Waals surface area contributed by atoms with E-state index in [1.165, 1.54) is 30.6 Å². The van der Waals surface area contributed by atoms with E-state index in [4.69, 9.17) is 4.74 Å². The Hall–Kier alpha value is -2.67. The first-order valence-electron chi connectivity index (χ1n) is 12.3. The van der Waals surface area contributed by atoms with Crippen molar-refractivity contribution in [2.45, 2.75) is 69.6 Å². The Morgan fingerprint density at radius 1 is 1.00 bits per heavy atom. The molecule has 2 aromatic rings. The van der Waals surface area contributed by atoms with Gasteiger partial charge >= 0.3 is 5.97 Å². The molecule has 7 heteroatoms. The van der Waals surface area contributed by atoms with Crippen LogP contribution in [-0.2, 0) is 20.7 Å². The fourth-order valence-electron chi connectivity index (χ4n) is 6.62. The second kappa shape index (κ2) is 9.53. The maximum Gasteiger partial charge on any atom is 0.329 e. The van der Waals surface area contributed by atoms with Gasteiger partial charge in [-0.3, -0.25) is 9.59 Å². The van der Waals surface area contributed by atoms with E-state index in [0.29, 0.717) is 29.1 Å². The monoisotopic (exact) mass is 480 g/mol. The minimum absolute atomic E-state index is 0.136. The Morgan fingerprint density at radius 2 is 1.65 bits per heavy atom. The Balaban J connectivity index is 1.23. The maximum absolute atomic E-state index is 13.1. The zero-order valence-electron chi connectivity index (χ0n) is 19.5. The summed E-state index contributed by atoms with van der Waals surface area (Å²) in [6.45, 7) is 1.62. The van der Waals surface area contributed by atoms with Crippen LogP contribution in [0.5, 0.6) is 0 Å². The number of ether oxygens (including phenoxy) is 1. The molecule has 4 aliphatic rings. The SMILES string of the molecule is C[C@@H](OC(=O)[C@H](Cc1ccccc1)NC(=O)c1cccs1)C(=O)NC12CC3CC(CC(C3)C1)C2. The first-order chi connectivity index (χ1) is 16.4. The molecule has 4 saturated carbocycles. The van der Waals surface area contributed by atoms with Gasteiger partial charge in [0.2, 0.25) is 0 Å². The zero-order chi connectivity index (χ0) is 23.7. The lowest BCUT2D eigenvalue weighted by Gasteiger charge is -2.57. The van der Waals surface area contributed by atoms with Crippen molar-refractivity contribution in [2.24, 2.45) is 17.8 Å². The van der Waals surface area contributed by atoms with Crippen molar-refractivity contribution in [3.05, 3.63) is 58.3 Å². The second-order valence-electron chi connectivity index (χ2n) is 10.5. The van der Waals surface area contributed by atoms with Crippen molar-refractivity contribution in [1.29, 1.82) is 0 Å². The molecule has 180 valence electrons. The highest BCUT2D eigenvalue weighted by Gasteiger charge is 2.51. The third-order valence-corrected chi connectivity index (χ3v) is 8.57. The van der Waals surface area contributed by atoms with E-state index < -0.39 is 18.1 Å². The van der Waals surface area contributed by atoms with E-state index >= 15 is 0 Å². The first-order valence-corrected chi connectivity index (χ1v) is 13.2. The second-order valence-corrected chi connectivity index (χ2v) is 11.4. The predicted molar refractivity (Wildman–Crippen MR) is 130 cm³/mol. The highest BCUT2D eigenvalue weighted by Crippen LogP contribution is 2.55. The van der Waals surface area contributed by atoms with Crippen molar-refractivity contribution in [3.8, 4) is 0 Å². The molecule has 6 rings (SSSR count). The van der Waals surface area contributed by atoms with Gasteiger partial charge in [0.15, 0.2) is 6.10 Å². The molecule has 34 heavy (non-hydrogen) atoms. The van der Waals surface area contributed by atoms with Crippen LogP contribution in [0.25, 0.3) is 0 Å². The zero-order valence-corrected chi connectivity index (χ0v) is 20.3. The summed E-state index contributed by atoms with van der Waals surface area (Å²) in [5, 5.41) is 7.90. The summed E-state index contributed by atoms with van der Waals surface area (Å²) >= 11 is 1.31. The summed E-state index contributed by atoms with van der Waals surface area (Å²) in [6, 6.07) is 12.1. The molecule has 0 saturated heterocycles. The van der Waals surface area contributed by atoms with Gasteiger partial charge in [0.05, 0.1) is 4.88 Å². The molecule has 1 heterocycles. The van der Waals surface area contributed by atoms with Crippen LogP contribution in [0.15, 0.2) is 47.8 Å². The van der Waals surface area contributed by atoms with E-state index in [1.807, 2.05) is 35.7 Å². The number of carbonyl (C=O) groups excluding carboxylic acids is 3. The van der Waals surface area contributed by atoms with Crippen LogP contribution in [-0.4, -0.2) is 35.5 Å². The summed E-state index contributed by atoms with van der Waals surface area (Å²) in [7, 11) is 0. The molecule has 4 fully saturated rings. The van der Waals surface area contributed by atoms with Crippen LogP contribution in [0.1, 0.15) is 60.7 Å². The van der Waals surface area contributed by atoms with Crippen molar-refractivity contribution in [2.75, 3.05) is 0 Å². The number of esters is 1. The first kappa shape index (κ1) is 23.1. The molecule has 2 amide bonds. The number of amides is 2. The molecule has 1 aromatic heterocycles. The molecule has 0 unspecified atom stereocenters. The molecular weight excluding hydrogens is 448 g/mol. The van der Waals surface area contributed by atoms with Gasteiger partial charge in [-0.15, -0.1) is 11.3 Å². The standard InChI is InChI=1S/C27H32N2O4S/c1-17(24(30)29-27-14-19-10-20(15-27)12-21(11-19)16-27)33-26(32)22(13-18-6-3-2-4-7-18)28-25(31)23-8-5-9-34-23/h2-9,17,19-22H,10-16H2,1H3,(H,28,31)(H,29,30)/t17-,19?,20?,21?,22+,27?/m1/s1. The number of rotatable bonds is 8. The molecule has 1 aromatic carbocycles. The lowest BCUT2D eigenvalue weighted by molar-refractivity contribution is -0.158. The summed E-state index contributed by atoms with van der Waals surface area (Å²) in [4.78, 5) is 39.4. The number of hydrogen-bond acceptors (Lipinski definition) is 5. The lowest BCUT2D eigenvalue weighted by Crippen LogP contribution is -2.61. The topological polar surface area (TPSA) is 84.5 Å². The van der Waals surface area contributed by atoms with E-state index in [1.54, 1.807) is 19.1 Å². The van der Waals surface area contributed by atoms with Gasteiger partial charge in [-0.05, 0) is 80.2 Å². The van der Waals surface area contributed by atoms with Gasteiger partial charge < -0.3 is 15.4 Å². The molecule has 6 nitrogen and oxygen atoms in total. The highest BCUT2D eigenvalue weighted by atomic mass is 32.1. The quantitative estimate of drug-likeness (QED) is 0.557. The molecule has 0 aliphatic heterocycles. The number of nitrogens with one attached hydrogen (secondary N) is 2. The van der Waals surface area contributed by atoms with Gasteiger partial charge in [-0.2, -0.15) is 0 Å². The largest absolute Gasteiger partial charge is 0.451 e. The van der Waals surface area contributed by atoms with E-state index in [2.05, 4.69) is 10.6 Å². The fourth-order valence-corrected chi connectivity index (χ4v) is 7.24. The van der Waals surface area contributed by atoms with E-state index in [-0.39, 0.29) is 17.4 Å². The molecule has 0 radical (unpaired) electrons. The normalized spacial score (nSPS) is 28.7. The minimum atomic E-state index is -0.919. The minimum Gasteiger partial charge on any atom is -0.451 e. The van der Waals surface area contributed by atoms with Crippen molar-refractivity contribution < 1.29 is 19.1 Å². The van der Waals surface area contributed by atoms with E-state index in [9.17, 15) is 14.4 Å². The number of hydrogen-bond donors (Lipinski definition) is 2. The van der Waals surface area contributed by atoms with Crippen molar-refractivity contribution in [3.63, 3.8) is 0 Å². The third-order valence-electron chi connectivity index (χ3n) is 7.71. The maximum atomic E-state index is 13.1. The van der Waals surface area contributed by atoms with Gasteiger partial charge in [0, 0.05) is 12.0 Å². The third kappa shape index (κ3) is 5.04. The smallest absolute Gasteiger partial charge is 0.329 e. The molecule has 4 bridgehead atoms. The van der Waals surface area contributed by atoms with Crippen LogP contribution < -0.4 is 10.6 Å². The van der Waals surface area contributed by atoms with Gasteiger partial charge in [-0.1, -0.05) is 36.4 Å². The van der Waals surface area contributed by atoms with Gasteiger partial charge in [-0.25, -0.2) is 4.79 Å². The Kier molecular flexibility index (Phi) is 6.47. The number of benzene rings is 1. The summed E-state index contributed by atoms with van der Waals surface area (Å²) in [6.07, 6.45) is 6.38. The van der Waals surface area contributed by atoms with Crippen LogP contribution >= 0.6 is 11.3 Å². The van der Waals surface area contributed by atoms with Crippen LogP contribution in [0, 0.1) is 17.8 Å². The Labute approximate surface area is 204 Å². The van der Waals surface area contributed by atoms with Crippen molar-refractivity contribution in [1.82, 2.24) is 10.6 Å². The molecule has 4 aliphatic carbocycles. The fraction of sp³-hybridized carbons (Fsp3) is 0.519. The van der Waals surface area contributed by atoms with Gasteiger partial charge in [0.25, 0.3) is 11.8 Å². The number of thiophene rings is 1. The average molecular weight is 481 g/mol. The molecular formula is C27H32N2O4S. The highest BCUT2D eigenvalue weighted by molar-refractivity contribution is 7.12. The molecule has 2 N–H and O–H groups in total. The Bertz CT molecular complexity index is 1000. The van der Waals surface area contributed by atoms with E-state index in [0.717, 1.165) is 24.8 Å². The average Bonchev–Trinajstić information content (AvgIpc) is 3.33. The number of carbonyl (C=O) groups is 3. The van der Waals surface area contributed by atoms with Crippen LogP contribution in [0.2, 0.25) is 0 Å². The summed E-state index contributed by atoms with van der Waals surface area (Å²) in [5.41, 5.74) is 0.769. The van der Waals surface area contributed by atoms with Crippen LogP contribution in [0.3, 0.4) is 0 Å². The molecule has 0 spiro atoms. The summed E-state index contributed by atoms with van der Waals surface area (Å²) < 4.78 is 5.62. The predicted octanol–water partition coefficient (Wildman–Crippen LogP) is 4.11. The van der Waals surface area contributed by atoms with Crippen molar-refractivity contribution >= 4 is 29.1 Å². The van der Waals surface area contributed by atoms with Crippen LogP contribution in [0.4, 0.5) is 0 Å². The van der Waals surface area contributed by atoms with Gasteiger partial charge in [0.1, 0.15) is 6.04 Å².